The Balaban J connectivity index is 2.65. The van der Waals surface area contributed by atoms with Gasteiger partial charge in [-0.3, -0.25) is 0 Å². The van der Waals surface area contributed by atoms with Gasteiger partial charge in [-0.1, -0.05) is 35.9 Å². The van der Waals surface area contributed by atoms with Crippen molar-refractivity contribution in [1.29, 1.82) is 0 Å². The van der Waals surface area contributed by atoms with Crippen molar-refractivity contribution < 1.29 is 16.8 Å². The number of nitrogens with zero attached hydrogens (tertiary/aromatic N) is 1. The minimum absolute atomic E-state index is 0.147. The van der Waals surface area contributed by atoms with E-state index < -0.39 is 26.1 Å². The third-order valence-electron chi connectivity index (χ3n) is 4.10. The van der Waals surface area contributed by atoms with Crippen molar-refractivity contribution >= 4 is 20.0 Å². The van der Waals surface area contributed by atoms with E-state index in [0.29, 0.717) is 5.56 Å². The molecule has 0 heterocycles. The molecule has 6 nitrogen and oxygen atoms in total. The van der Waals surface area contributed by atoms with Crippen LogP contribution in [0.2, 0.25) is 0 Å². The van der Waals surface area contributed by atoms with E-state index in [1.165, 1.54) is 26.2 Å². The lowest BCUT2D eigenvalue weighted by atomic mass is 9.94. The summed E-state index contributed by atoms with van der Waals surface area (Å²) in [7, 11) is -4.26. The zero-order valence-corrected chi connectivity index (χ0v) is 17.1. The van der Waals surface area contributed by atoms with Crippen molar-refractivity contribution in [1.82, 2.24) is 9.03 Å². The average Bonchev–Trinajstić information content (AvgIpc) is 2.52. The molecule has 0 spiro atoms. The van der Waals surface area contributed by atoms with E-state index in [2.05, 4.69) is 4.72 Å². The molecule has 1 atom stereocenters. The molecule has 0 aliphatic heterocycles. The van der Waals surface area contributed by atoms with Crippen molar-refractivity contribution in [2.24, 2.45) is 0 Å². The van der Waals surface area contributed by atoms with Crippen LogP contribution in [0, 0.1) is 13.8 Å². The Morgan fingerprint density at radius 2 is 1.62 bits per heavy atom. The summed E-state index contributed by atoms with van der Waals surface area (Å²) in [5.74, 6) is 0. The first kappa shape index (κ1) is 20.6. The Morgan fingerprint density at radius 1 is 0.962 bits per heavy atom. The summed E-state index contributed by atoms with van der Waals surface area (Å²) in [5.41, 5.74) is 3.31. The Hall–Kier alpha value is -1.74. The van der Waals surface area contributed by atoms with Gasteiger partial charge in [0.05, 0.1) is 10.9 Å². The first-order chi connectivity index (χ1) is 11.9. The standard InChI is InChI=1S/C18H24N2O4S2/c1-13-9-10-17(14(2)11-13)18(19-26(23,24)20(3)4)15-7-6-8-16(12-15)25(5,21)22/h6-12,18-19H,1-5H3. The third-order valence-corrected chi connectivity index (χ3v) is 6.71. The predicted octanol–water partition coefficient (Wildman–Crippen LogP) is 2.19. The molecule has 0 aliphatic rings. The number of hydrogen-bond donors (Lipinski definition) is 1. The summed E-state index contributed by atoms with van der Waals surface area (Å²) < 4.78 is 52.4. The van der Waals surface area contributed by atoms with Crippen molar-refractivity contribution in [3.63, 3.8) is 0 Å². The SMILES string of the molecule is Cc1ccc(C(NS(=O)(=O)N(C)C)c2cccc(S(C)(=O)=O)c2)c(C)c1. The van der Waals surface area contributed by atoms with Crippen LogP contribution in [-0.4, -0.2) is 41.5 Å². The molecule has 0 saturated heterocycles. The first-order valence-corrected chi connectivity index (χ1v) is 11.3. The van der Waals surface area contributed by atoms with Crippen LogP contribution < -0.4 is 4.72 Å². The molecule has 142 valence electrons. The zero-order chi connectivity index (χ0) is 19.7. The maximum Gasteiger partial charge on any atom is 0.279 e. The highest BCUT2D eigenvalue weighted by molar-refractivity contribution is 7.90. The molecule has 26 heavy (non-hydrogen) atoms. The van der Waals surface area contributed by atoms with E-state index in [1.54, 1.807) is 12.1 Å². The highest BCUT2D eigenvalue weighted by Crippen LogP contribution is 2.28. The maximum absolute atomic E-state index is 12.4. The molecule has 8 heteroatoms. The molecule has 0 saturated carbocycles. The lowest BCUT2D eigenvalue weighted by molar-refractivity contribution is 0.498. The summed E-state index contributed by atoms with van der Waals surface area (Å²) >= 11 is 0. The topological polar surface area (TPSA) is 83.6 Å². The van der Waals surface area contributed by atoms with E-state index in [0.717, 1.165) is 27.3 Å². The summed E-state index contributed by atoms with van der Waals surface area (Å²) in [5, 5.41) is 0. The van der Waals surface area contributed by atoms with Gasteiger partial charge < -0.3 is 0 Å². The lowest BCUT2D eigenvalue weighted by Crippen LogP contribution is -2.38. The normalized spacial score (nSPS) is 13.8. The highest BCUT2D eigenvalue weighted by Gasteiger charge is 2.25. The molecule has 0 radical (unpaired) electrons. The van der Waals surface area contributed by atoms with Crippen molar-refractivity contribution in [2.75, 3.05) is 20.4 Å². The number of sulfone groups is 1. The Bertz CT molecular complexity index is 1010. The van der Waals surface area contributed by atoms with E-state index in [1.807, 2.05) is 32.0 Å². The molecular formula is C18H24N2O4S2. The van der Waals surface area contributed by atoms with Crippen LogP contribution in [0.25, 0.3) is 0 Å². The molecule has 2 rings (SSSR count). The van der Waals surface area contributed by atoms with Gasteiger partial charge >= 0.3 is 0 Å². The second-order valence-corrected chi connectivity index (χ2v) is 10.5. The van der Waals surface area contributed by atoms with Crippen LogP contribution in [-0.2, 0) is 20.0 Å². The lowest BCUT2D eigenvalue weighted by Gasteiger charge is -2.24. The molecule has 0 aliphatic carbocycles. The van der Waals surface area contributed by atoms with E-state index in [4.69, 9.17) is 0 Å². The zero-order valence-electron chi connectivity index (χ0n) is 15.5. The van der Waals surface area contributed by atoms with Crippen LogP contribution in [0.4, 0.5) is 0 Å². The Morgan fingerprint density at radius 3 is 2.15 bits per heavy atom. The van der Waals surface area contributed by atoms with Gasteiger partial charge in [0, 0.05) is 20.4 Å². The second-order valence-electron chi connectivity index (χ2n) is 6.54. The number of rotatable bonds is 6. The number of benzene rings is 2. The van der Waals surface area contributed by atoms with Crippen LogP contribution in [0.15, 0.2) is 47.4 Å². The van der Waals surface area contributed by atoms with Crippen LogP contribution >= 0.6 is 0 Å². The third kappa shape index (κ3) is 4.70. The fourth-order valence-corrected chi connectivity index (χ4v) is 4.09. The summed E-state index contributed by atoms with van der Waals surface area (Å²) in [6.45, 7) is 3.86. The monoisotopic (exact) mass is 396 g/mol. The molecule has 2 aromatic carbocycles. The molecule has 0 fully saturated rings. The van der Waals surface area contributed by atoms with E-state index in [-0.39, 0.29) is 4.90 Å². The molecule has 1 N–H and O–H groups in total. The van der Waals surface area contributed by atoms with Crippen LogP contribution in [0.5, 0.6) is 0 Å². The number of aryl methyl sites for hydroxylation is 2. The van der Waals surface area contributed by atoms with Gasteiger partial charge in [0.1, 0.15) is 0 Å². The molecule has 0 amide bonds. The van der Waals surface area contributed by atoms with E-state index in [9.17, 15) is 16.8 Å². The molecule has 2 aromatic rings. The smallest absolute Gasteiger partial charge is 0.224 e. The van der Waals surface area contributed by atoms with Crippen molar-refractivity contribution in [2.45, 2.75) is 24.8 Å². The van der Waals surface area contributed by atoms with E-state index >= 15 is 0 Å². The average molecular weight is 397 g/mol. The van der Waals surface area contributed by atoms with Gasteiger partial charge in [-0.15, -0.1) is 0 Å². The number of nitrogens with one attached hydrogen (secondary N) is 1. The van der Waals surface area contributed by atoms with Crippen molar-refractivity contribution in [3.8, 4) is 0 Å². The fraction of sp³-hybridized carbons (Fsp3) is 0.333. The van der Waals surface area contributed by atoms with Gasteiger partial charge in [0.15, 0.2) is 9.84 Å². The van der Waals surface area contributed by atoms with Gasteiger partial charge in [-0.05, 0) is 42.7 Å². The van der Waals surface area contributed by atoms with Crippen LogP contribution in [0.3, 0.4) is 0 Å². The van der Waals surface area contributed by atoms with Gasteiger partial charge in [0.25, 0.3) is 10.2 Å². The van der Waals surface area contributed by atoms with Crippen LogP contribution in [0.1, 0.15) is 28.3 Å². The summed E-state index contributed by atoms with van der Waals surface area (Å²) in [4.78, 5) is 0.147. The molecular weight excluding hydrogens is 372 g/mol. The predicted molar refractivity (Wildman–Crippen MR) is 103 cm³/mol. The highest BCUT2D eigenvalue weighted by atomic mass is 32.2. The summed E-state index contributed by atoms with van der Waals surface area (Å²) in [6.07, 6.45) is 1.13. The van der Waals surface area contributed by atoms with Gasteiger partial charge in [0.2, 0.25) is 0 Å². The second kappa shape index (κ2) is 7.48. The Kier molecular flexibility index (Phi) is 5.92. The first-order valence-electron chi connectivity index (χ1n) is 7.99. The van der Waals surface area contributed by atoms with Gasteiger partial charge in [-0.25, -0.2) is 8.42 Å². The molecule has 0 aromatic heterocycles. The molecule has 1 unspecified atom stereocenters. The Labute approximate surface area is 156 Å². The quantitative estimate of drug-likeness (QED) is 0.811. The maximum atomic E-state index is 12.4. The van der Waals surface area contributed by atoms with Crippen molar-refractivity contribution in [3.05, 3.63) is 64.7 Å². The molecule has 0 bridgehead atoms. The fourth-order valence-electron chi connectivity index (χ4n) is 2.64. The minimum atomic E-state index is -3.74. The largest absolute Gasteiger partial charge is 0.279 e. The number of hydrogen-bond acceptors (Lipinski definition) is 4. The summed E-state index contributed by atoms with van der Waals surface area (Å²) in [6, 6.07) is 11.4. The van der Waals surface area contributed by atoms with Gasteiger partial charge in [-0.2, -0.15) is 17.4 Å². The minimum Gasteiger partial charge on any atom is -0.224 e.